The van der Waals surface area contributed by atoms with Gasteiger partial charge in [0.1, 0.15) is 5.76 Å². The number of anilines is 1. The van der Waals surface area contributed by atoms with E-state index in [2.05, 4.69) is 21.2 Å². The first-order chi connectivity index (χ1) is 8.66. The fourth-order valence-corrected chi connectivity index (χ4v) is 1.99. The second-order valence-corrected chi connectivity index (χ2v) is 4.68. The highest BCUT2D eigenvalue weighted by molar-refractivity contribution is 9.10. The Balaban J connectivity index is 1.93. The van der Waals surface area contributed by atoms with Gasteiger partial charge in [-0.25, -0.2) is 0 Å². The van der Waals surface area contributed by atoms with Gasteiger partial charge in [0.25, 0.3) is 5.91 Å². The number of amides is 1. The number of carbonyl (C=O) groups is 1. The molecule has 1 aromatic heterocycles. The molecule has 18 heavy (non-hydrogen) atoms. The van der Waals surface area contributed by atoms with E-state index in [0.29, 0.717) is 24.2 Å². The average Bonchev–Trinajstić information content (AvgIpc) is 2.85. The largest absolute Gasteiger partial charge is 0.469 e. The van der Waals surface area contributed by atoms with Crippen LogP contribution in [0.5, 0.6) is 0 Å². The zero-order chi connectivity index (χ0) is 13.0. The van der Waals surface area contributed by atoms with E-state index in [0.717, 1.165) is 10.2 Å². The number of benzene rings is 1. The predicted octanol–water partition coefficient (Wildman–Crippen LogP) is 2.60. The van der Waals surface area contributed by atoms with Crippen LogP contribution in [0.1, 0.15) is 16.1 Å². The highest BCUT2D eigenvalue weighted by Gasteiger charge is 2.09. The first kappa shape index (κ1) is 12.7. The van der Waals surface area contributed by atoms with Gasteiger partial charge in [-0.2, -0.15) is 0 Å². The van der Waals surface area contributed by atoms with Gasteiger partial charge in [0.05, 0.1) is 11.8 Å². The zero-order valence-corrected chi connectivity index (χ0v) is 11.2. The summed E-state index contributed by atoms with van der Waals surface area (Å²) in [6.45, 7) is 0.521. The molecule has 0 aliphatic heterocycles. The van der Waals surface area contributed by atoms with Crippen molar-refractivity contribution in [1.82, 2.24) is 5.32 Å². The van der Waals surface area contributed by atoms with E-state index in [1.54, 1.807) is 24.5 Å². The maximum atomic E-state index is 11.9. The molecule has 0 bridgehead atoms. The highest BCUT2D eigenvalue weighted by Crippen LogP contribution is 2.19. The molecule has 2 rings (SSSR count). The number of nitrogens with one attached hydrogen (secondary N) is 1. The average molecular weight is 309 g/mol. The van der Waals surface area contributed by atoms with E-state index in [9.17, 15) is 4.79 Å². The number of halogens is 1. The van der Waals surface area contributed by atoms with Gasteiger partial charge in [-0.15, -0.1) is 0 Å². The molecule has 0 unspecified atom stereocenters. The van der Waals surface area contributed by atoms with E-state index >= 15 is 0 Å². The summed E-state index contributed by atoms with van der Waals surface area (Å²) in [6.07, 6.45) is 2.28. The van der Waals surface area contributed by atoms with E-state index in [4.69, 9.17) is 10.2 Å². The maximum absolute atomic E-state index is 11.9. The van der Waals surface area contributed by atoms with E-state index < -0.39 is 0 Å². The van der Waals surface area contributed by atoms with Crippen LogP contribution in [-0.4, -0.2) is 12.5 Å². The van der Waals surface area contributed by atoms with Gasteiger partial charge in [0.15, 0.2) is 0 Å². The minimum absolute atomic E-state index is 0.152. The Kier molecular flexibility index (Phi) is 4.04. The number of furan rings is 1. The van der Waals surface area contributed by atoms with Gasteiger partial charge in [-0.3, -0.25) is 4.79 Å². The summed E-state index contributed by atoms with van der Waals surface area (Å²) in [5.74, 6) is 0.697. The van der Waals surface area contributed by atoms with Crippen molar-refractivity contribution in [2.75, 3.05) is 12.3 Å². The van der Waals surface area contributed by atoms with Crippen LogP contribution in [0.25, 0.3) is 0 Å². The molecule has 0 spiro atoms. The van der Waals surface area contributed by atoms with E-state index in [1.165, 1.54) is 0 Å². The van der Waals surface area contributed by atoms with Crippen molar-refractivity contribution < 1.29 is 9.21 Å². The third-order valence-electron chi connectivity index (χ3n) is 2.47. The van der Waals surface area contributed by atoms with E-state index in [-0.39, 0.29) is 5.91 Å². The maximum Gasteiger partial charge on any atom is 0.252 e. The van der Waals surface area contributed by atoms with Crippen molar-refractivity contribution in [1.29, 1.82) is 0 Å². The second-order valence-electron chi connectivity index (χ2n) is 3.82. The molecular weight excluding hydrogens is 296 g/mol. The fraction of sp³-hybridized carbons (Fsp3) is 0.154. The molecule has 0 aliphatic rings. The summed E-state index contributed by atoms with van der Waals surface area (Å²) in [5, 5.41) is 2.82. The van der Waals surface area contributed by atoms with Crippen molar-refractivity contribution in [2.45, 2.75) is 6.42 Å². The lowest BCUT2D eigenvalue weighted by atomic mass is 10.2. The van der Waals surface area contributed by atoms with Crippen molar-refractivity contribution in [3.63, 3.8) is 0 Å². The minimum atomic E-state index is -0.152. The molecule has 5 heteroatoms. The number of hydrogen-bond donors (Lipinski definition) is 2. The number of hydrogen-bond acceptors (Lipinski definition) is 3. The molecule has 0 saturated heterocycles. The normalized spacial score (nSPS) is 10.3. The molecule has 4 nitrogen and oxygen atoms in total. The van der Waals surface area contributed by atoms with Gasteiger partial charge in [0, 0.05) is 23.1 Å². The molecule has 1 heterocycles. The Hall–Kier alpha value is -1.75. The van der Waals surface area contributed by atoms with Crippen LogP contribution in [0.4, 0.5) is 5.69 Å². The lowest BCUT2D eigenvalue weighted by molar-refractivity contribution is 0.0953. The molecule has 1 aromatic carbocycles. The zero-order valence-electron chi connectivity index (χ0n) is 9.65. The molecule has 0 atom stereocenters. The third-order valence-corrected chi connectivity index (χ3v) is 3.16. The summed E-state index contributed by atoms with van der Waals surface area (Å²) in [7, 11) is 0. The van der Waals surface area contributed by atoms with Crippen LogP contribution in [0.3, 0.4) is 0 Å². The minimum Gasteiger partial charge on any atom is -0.469 e. The first-order valence-electron chi connectivity index (χ1n) is 5.52. The van der Waals surface area contributed by atoms with Gasteiger partial charge in [-0.1, -0.05) is 0 Å². The SMILES string of the molecule is Nc1ccc(Br)c(C(=O)NCCc2ccco2)c1. The highest BCUT2D eigenvalue weighted by atomic mass is 79.9. The molecule has 1 amide bonds. The fourth-order valence-electron chi connectivity index (χ4n) is 1.57. The van der Waals surface area contributed by atoms with Crippen molar-refractivity contribution in [3.8, 4) is 0 Å². The van der Waals surface area contributed by atoms with E-state index in [1.807, 2.05) is 12.1 Å². The number of rotatable bonds is 4. The third kappa shape index (κ3) is 3.13. The van der Waals surface area contributed by atoms with Crippen molar-refractivity contribution >= 4 is 27.5 Å². The summed E-state index contributed by atoms with van der Waals surface area (Å²) in [5.41, 5.74) is 6.76. The lowest BCUT2D eigenvalue weighted by Crippen LogP contribution is -2.26. The Labute approximate surface area is 113 Å². The van der Waals surface area contributed by atoms with Crippen LogP contribution in [0.2, 0.25) is 0 Å². The summed E-state index contributed by atoms with van der Waals surface area (Å²) >= 11 is 3.33. The van der Waals surface area contributed by atoms with Gasteiger partial charge in [-0.05, 0) is 46.3 Å². The summed E-state index contributed by atoms with van der Waals surface area (Å²) in [4.78, 5) is 11.9. The molecule has 3 N–H and O–H groups in total. The predicted molar refractivity (Wildman–Crippen MR) is 73.3 cm³/mol. The smallest absolute Gasteiger partial charge is 0.252 e. The Morgan fingerprint density at radius 1 is 1.39 bits per heavy atom. The Morgan fingerprint density at radius 2 is 2.22 bits per heavy atom. The quantitative estimate of drug-likeness (QED) is 0.853. The van der Waals surface area contributed by atoms with Crippen LogP contribution in [0, 0.1) is 0 Å². The summed E-state index contributed by atoms with van der Waals surface area (Å²) in [6, 6.07) is 8.85. The first-order valence-corrected chi connectivity index (χ1v) is 6.32. The standard InChI is InChI=1S/C13H13BrN2O2/c14-12-4-3-9(15)8-11(12)13(17)16-6-5-10-2-1-7-18-10/h1-4,7-8H,5-6,15H2,(H,16,17). The molecule has 0 fully saturated rings. The molecule has 0 aliphatic carbocycles. The molecule has 2 aromatic rings. The van der Waals surface area contributed by atoms with Crippen molar-refractivity contribution in [3.05, 3.63) is 52.4 Å². The second kappa shape index (κ2) is 5.73. The van der Waals surface area contributed by atoms with Crippen LogP contribution in [0.15, 0.2) is 45.5 Å². The Bertz CT molecular complexity index is 538. The van der Waals surface area contributed by atoms with Crippen LogP contribution in [-0.2, 0) is 6.42 Å². The number of nitrogen functional groups attached to an aromatic ring is 1. The molecule has 94 valence electrons. The molecular formula is C13H13BrN2O2. The molecule has 0 radical (unpaired) electrons. The van der Waals surface area contributed by atoms with Crippen LogP contribution >= 0.6 is 15.9 Å². The number of carbonyl (C=O) groups excluding carboxylic acids is 1. The van der Waals surface area contributed by atoms with Crippen LogP contribution < -0.4 is 11.1 Å². The molecule has 0 saturated carbocycles. The Morgan fingerprint density at radius 3 is 2.94 bits per heavy atom. The van der Waals surface area contributed by atoms with Crippen molar-refractivity contribution in [2.24, 2.45) is 0 Å². The monoisotopic (exact) mass is 308 g/mol. The summed E-state index contributed by atoms with van der Waals surface area (Å²) < 4.78 is 5.91. The van der Waals surface area contributed by atoms with Gasteiger partial charge >= 0.3 is 0 Å². The lowest BCUT2D eigenvalue weighted by Gasteiger charge is -2.06. The number of nitrogens with two attached hydrogens (primary N) is 1. The van der Waals surface area contributed by atoms with Gasteiger partial charge < -0.3 is 15.5 Å². The van der Waals surface area contributed by atoms with Gasteiger partial charge in [0.2, 0.25) is 0 Å². The topological polar surface area (TPSA) is 68.3 Å².